The van der Waals surface area contributed by atoms with Crippen molar-refractivity contribution in [2.45, 2.75) is 0 Å². The highest BCUT2D eigenvalue weighted by Gasteiger charge is 2.30. The van der Waals surface area contributed by atoms with Crippen LogP contribution in [0.4, 0.5) is 5.69 Å². The van der Waals surface area contributed by atoms with Crippen molar-refractivity contribution < 1.29 is 24.1 Å². The Hall–Kier alpha value is -1.27. The van der Waals surface area contributed by atoms with Crippen LogP contribution in [-0.2, 0) is 4.57 Å². The molecule has 0 radical (unpaired) electrons. The third kappa shape index (κ3) is 2.65. The monoisotopic (exact) mass is 265 g/mol. The molecular weight excluding hydrogens is 261 g/mol. The third-order valence-corrected chi connectivity index (χ3v) is 2.76. The molecule has 0 spiro atoms. The van der Waals surface area contributed by atoms with Gasteiger partial charge in [0.15, 0.2) is 0 Å². The third-order valence-electron chi connectivity index (χ3n) is 1.66. The summed E-state index contributed by atoms with van der Waals surface area (Å²) in [6.07, 6.45) is 0. The van der Waals surface area contributed by atoms with E-state index in [4.69, 9.17) is 21.4 Å². The van der Waals surface area contributed by atoms with Crippen molar-refractivity contribution in [2.75, 3.05) is 0 Å². The number of nitro benzene ring substituents is 1. The van der Waals surface area contributed by atoms with Crippen molar-refractivity contribution in [3.8, 4) is 0 Å². The predicted molar refractivity (Wildman–Crippen MR) is 54.5 cm³/mol. The zero-order valence-corrected chi connectivity index (χ0v) is 9.18. The van der Waals surface area contributed by atoms with E-state index in [-0.39, 0.29) is 5.02 Å². The van der Waals surface area contributed by atoms with Crippen LogP contribution in [0, 0.1) is 10.1 Å². The highest BCUT2D eigenvalue weighted by molar-refractivity contribution is 7.70. The second kappa shape index (κ2) is 4.31. The number of hydrogen-bond acceptors (Lipinski definition) is 4. The van der Waals surface area contributed by atoms with Gasteiger partial charge < -0.3 is 9.79 Å². The van der Waals surface area contributed by atoms with Crippen molar-refractivity contribution in [2.24, 2.45) is 0 Å². The lowest BCUT2D eigenvalue weighted by atomic mass is 10.2. The average Bonchev–Trinajstić information content (AvgIpc) is 2.15. The lowest BCUT2D eigenvalue weighted by Gasteiger charge is -2.04. The molecule has 7 nitrogen and oxygen atoms in total. The minimum atomic E-state index is -5.00. The van der Waals surface area contributed by atoms with E-state index in [2.05, 4.69) is 0 Å². The van der Waals surface area contributed by atoms with Crippen LogP contribution < -0.4 is 0 Å². The smallest absolute Gasteiger partial charge is 0.319 e. The number of non-ortho nitro benzene ring substituents is 1. The Bertz CT molecular complexity index is 510. The van der Waals surface area contributed by atoms with Crippen molar-refractivity contribution in [1.82, 2.24) is 0 Å². The zero-order valence-electron chi connectivity index (χ0n) is 7.53. The van der Waals surface area contributed by atoms with Crippen LogP contribution in [0.1, 0.15) is 10.4 Å². The number of rotatable bonds is 3. The van der Waals surface area contributed by atoms with E-state index in [0.717, 1.165) is 18.2 Å². The van der Waals surface area contributed by atoms with Crippen LogP contribution >= 0.6 is 19.2 Å². The van der Waals surface area contributed by atoms with E-state index < -0.39 is 29.3 Å². The molecule has 0 aliphatic carbocycles. The summed E-state index contributed by atoms with van der Waals surface area (Å²) in [5.74, 6) is 0. The average molecular weight is 266 g/mol. The molecule has 1 aromatic carbocycles. The van der Waals surface area contributed by atoms with Crippen LogP contribution in [0.5, 0.6) is 0 Å². The summed E-state index contributed by atoms with van der Waals surface area (Å²) >= 11 is 5.52. The summed E-state index contributed by atoms with van der Waals surface area (Å²) in [4.78, 5) is 38.0. The maximum atomic E-state index is 11.2. The van der Waals surface area contributed by atoms with Gasteiger partial charge >= 0.3 is 7.60 Å². The molecule has 2 N–H and O–H groups in total. The van der Waals surface area contributed by atoms with Crippen molar-refractivity contribution in [3.63, 3.8) is 0 Å². The Morgan fingerprint density at radius 3 is 2.44 bits per heavy atom. The Labute approximate surface area is 94.0 Å². The van der Waals surface area contributed by atoms with Crippen molar-refractivity contribution in [1.29, 1.82) is 0 Å². The highest BCUT2D eigenvalue weighted by Crippen LogP contribution is 2.41. The van der Waals surface area contributed by atoms with E-state index >= 15 is 0 Å². The van der Waals surface area contributed by atoms with E-state index in [9.17, 15) is 19.5 Å². The molecule has 0 heterocycles. The van der Waals surface area contributed by atoms with Gasteiger partial charge in [0.2, 0.25) is 0 Å². The summed E-state index contributed by atoms with van der Waals surface area (Å²) < 4.78 is 10.7. The Kier molecular flexibility index (Phi) is 3.44. The van der Waals surface area contributed by atoms with Gasteiger partial charge in [-0.1, -0.05) is 11.6 Å². The second-order valence-electron chi connectivity index (χ2n) is 2.77. The van der Waals surface area contributed by atoms with Gasteiger partial charge in [-0.3, -0.25) is 19.5 Å². The number of halogens is 1. The normalized spacial score (nSPS) is 11.2. The van der Waals surface area contributed by atoms with Crippen molar-refractivity contribution in [3.05, 3.63) is 38.9 Å². The molecule has 0 atom stereocenters. The van der Waals surface area contributed by atoms with Gasteiger partial charge in [-0.15, -0.1) is 0 Å². The summed E-state index contributed by atoms with van der Waals surface area (Å²) in [5, 5.41) is 10.1. The number of nitro groups is 1. The van der Waals surface area contributed by atoms with Gasteiger partial charge in [0.25, 0.3) is 11.2 Å². The number of hydrogen-bond donors (Lipinski definition) is 2. The van der Waals surface area contributed by atoms with Crippen LogP contribution in [0.2, 0.25) is 5.02 Å². The first-order valence-corrected chi connectivity index (χ1v) is 5.77. The summed E-state index contributed by atoms with van der Waals surface area (Å²) in [6, 6.07) is 2.78. The fourth-order valence-electron chi connectivity index (χ4n) is 0.948. The molecule has 0 amide bonds. The van der Waals surface area contributed by atoms with Gasteiger partial charge in [-0.05, 0) is 6.07 Å². The first-order valence-electron chi connectivity index (χ1n) is 3.78. The lowest BCUT2D eigenvalue weighted by Crippen LogP contribution is -2.02. The SMILES string of the molecule is O=C(c1cc([N+](=O)[O-])ccc1Cl)P(=O)(O)O. The van der Waals surface area contributed by atoms with Gasteiger partial charge in [0.05, 0.1) is 15.5 Å². The maximum absolute atomic E-state index is 11.2. The topological polar surface area (TPSA) is 118 Å². The molecule has 0 unspecified atom stereocenters. The van der Waals surface area contributed by atoms with E-state index in [1.54, 1.807) is 0 Å². The maximum Gasteiger partial charge on any atom is 0.396 e. The molecule has 9 heteroatoms. The molecule has 0 aliphatic rings. The molecular formula is C7H5ClNO6P. The molecule has 0 aliphatic heterocycles. The molecule has 0 bridgehead atoms. The van der Waals surface area contributed by atoms with Crippen LogP contribution in [0.25, 0.3) is 0 Å². The molecule has 1 rings (SSSR count). The molecule has 0 saturated carbocycles. The predicted octanol–water partition coefficient (Wildman–Crippen LogP) is 1.57. The van der Waals surface area contributed by atoms with Gasteiger partial charge in [0.1, 0.15) is 0 Å². The number of carbonyl (C=O) groups excluding carboxylic acids is 1. The summed E-state index contributed by atoms with van der Waals surface area (Å²) in [6.45, 7) is 0. The molecule has 1 aromatic rings. The first kappa shape index (κ1) is 12.8. The fourth-order valence-corrected chi connectivity index (χ4v) is 1.72. The summed E-state index contributed by atoms with van der Waals surface area (Å²) in [5.41, 5.74) is -2.58. The Morgan fingerprint density at radius 2 is 2.00 bits per heavy atom. The number of carbonyl (C=O) groups is 1. The summed E-state index contributed by atoms with van der Waals surface area (Å²) in [7, 11) is -5.00. The van der Waals surface area contributed by atoms with Crippen LogP contribution in [0.15, 0.2) is 18.2 Å². The van der Waals surface area contributed by atoms with E-state index in [1.807, 2.05) is 0 Å². The van der Waals surface area contributed by atoms with Crippen LogP contribution in [0.3, 0.4) is 0 Å². The quantitative estimate of drug-likeness (QED) is 0.486. The van der Waals surface area contributed by atoms with E-state index in [1.165, 1.54) is 0 Å². The first-order chi connectivity index (χ1) is 7.23. The molecule has 16 heavy (non-hydrogen) atoms. The van der Waals surface area contributed by atoms with Gasteiger partial charge in [-0.2, -0.15) is 0 Å². The highest BCUT2D eigenvalue weighted by atomic mass is 35.5. The minimum absolute atomic E-state index is 0.251. The van der Waals surface area contributed by atoms with Gasteiger partial charge in [0, 0.05) is 12.1 Å². The minimum Gasteiger partial charge on any atom is -0.319 e. The van der Waals surface area contributed by atoms with E-state index in [0.29, 0.717) is 0 Å². The molecule has 0 aromatic heterocycles. The van der Waals surface area contributed by atoms with Crippen molar-refractivity contribution >= 4 is 30.4 Å². The molecule has 86 valence electrons. The Balaban J connectivity index is 3.34. The standard InChI is InChI=1S/C7H5ClNO6P/c8-6-2-1-4(9(11)12)3-5(6)7(10)16(13,14)15/h1-3H,(H2,13,14,15). The largest absolute Gasteiger partial charge is 0.396 e. The molecule has 0 saturated heterocycles. The van der Waals surface area contributed by atoms with Crippen LogP contribution in [-0.4, -0.2) is 20.2 Å². The number of nitrogens with zero attached hydrogens (tertiary/aromatic N) is 1. The zero-order chi connectivity index (χ0) is 12.5. The van der Waals surface area contributed by atoms with Gasteiger partial charge in [-0.25, -0.2) is 0 Å². The lowest BCUT2D eigenvalue weighted by molar-refractivity contribution is -0.384. The fraction of sp³-hybridized carbons (Fsp3) is 0. The second-order valence-corrected chi connectivity index (χ2v) is 4.67. The molecule has 0 fully saturated rings. The number of benzene rings is 1. The Morgan fingerprint density at radius 1 is 1.44 bits per heavy atom.